The average Bonchev–Trinajstić information content (AvgIpc) is 2.50. The summed E-state index contributed by atoms with van der Waals surface area (Å²) in [5.41, 5.74) is 1.27. The van der Waals surface area contributed by atoms with E-state index in [9.17, 15) is 4.79 Å². The smallest absolute Gasteiger partial charge is 0.223 e. The number of hydrogen-bond donors (Lipinski definition) is 2. The largest absolute Gasteiger partial charge is 0.354 e. The molecule has 2 rings (SSSR count). The second-order valence-electron chi connectivity index (χ2n) is 6.10. The van der Waals surface area contributed by atoms with Crippen LogP contribution in [0.5, 0.6) is 0 Å². The molecule has 1 fully saturated rings. The van der Waals surface area contributed by atoms with Crippen molar-refractivity contribution in [1.29, 1.82) is 0 Å². The molecule has 1 aromatic carbocycles. The van der Waals surface area contributed by atoms with Crippen LogP contribution in [0.2, 0.25) is 0 Å². The maximum Gasteiger partial charge on any atom is 0.223 e. The summed E-state index contributed by atoms with van der Waals surface area (Å²) >= 11 is 0. The molecule has 0 radical (unpaired) electrons. The first kappa shape index (κ1) is 17.0. The number of nitrogens with one attached hydrogen (secondary N) is 2. The number of hydrogen-bond acceptors (Lipinski definition) is 3. The lowest BCUT2D eigenvalue weighted by Gasteiger charge is -2.33. The van der Waals surface area contributed by atoms with E-state index in [1.54, 1.807) is 0 Å². The van der Waals surface area contributed by atoms with Crippen LogP contribution in [0.25, 0.3) is 0 Å². The Labute approximate surface area is 134 Å². The third-order valence-corrected chi connectivity index (χ3v) is 4.84. The van der Waals surface area contributed by atoms with Crippen LogP contribution >= 0.6 is 0 Å². The van der Waals surface area contributed by atoms with E-state index in [2.05, 4.69) is 53.6 Å². The second-order valence-corrected chi connectivity index (χ2v) is 6.10. The topological polar surface area (TPSA) is 44.4 Å². The molecule has 0 bridgehead atoms. The molecular weight excluding hydrogens is 274 g/mol. The summed E-state index contributed by atoms with van der Waals surface area (Å²) in [6.07, 6.45) is 0. The van der Waals surface area contributed by atoms with Crippen molar-refractivity contribution < 1.29 is 4.79 Å². The summed E-state index contributed by atoms with van der Waals surface area (Å²) in [7, 11) is 0. The monoisotopic (exact) mass is 303 g/mol. The molecule has 2 unspecified atom stereocenters. The molecule has 4 nitrogen and oxygen atoms in total. The van der Waals surface area contributed by atoms with E-state index in [1.807, 2.05) is 13.0 Å². The fourth-order valence-electron chi connectivity index (χ4n) is 3.03. The van der Waals surface area contributed by atoms with Crippen LogP contribution in [0, 0.1) is 11.8 Å². The number of carbonyl (C=O) groups is 1. The molecule has 1 saturated heterocycles. The summed E-state index contributed by atoms with van der Waals surface area (Å²) < 4.78 is 0. The lowest BCUT2D eigenvalue weighted by molar-refractivity contribution is -0.127. The van der Waals surface area contributed by atoms with Gasteiger partial charge in [-0.15, -0.1) is 0 Å². The highest BCUT2D eigenvalue weighted by molar-refractivity contribution is 5.78. The summed E-state index contributed by atoms with van der Waals surface area (Å²) in [6.45, 7) is 10.9. The maximum absolute atomic E-state index is 12.4. The normalized spacial score (nSPS) is 17.8. The molecule has 4 heteroatoms. The van der Waals surface area contributed by atoms with Crippen LogP contribution < -0.4 is 10.6 Å². The fraction of sp³-hybridized carbons (Fsp3) is 0.611. The number of likely N-dealkylation sites (N-methyl/N-ethyl adjacent to an activating group) is 1. The van der Waals surface area contributed by atoms with E-state index in [1.165, 1.54) is 5.56 Å². The van der Waals surface area contributed by atoms with Crippen LogP contribution in [0.15, 0.2) is 30.3 Å². The molecule has 2 N–H and O–H groups in total. The van der Waals surface area contributed by atoms with Gasteiger partial charge in [-0.2, -0.15) is 0 Å². The highest BCUT2D eigenvalue weighted by Gasteiger charge is 2.29. The minimum absolute atomic E-state index is 0.0920. The number of rotatable bonds is 8. The summed E-state index contributed by atoms with van der Waals surface area (Å²) in [5.74, 6) is 0.762. The second kappa shape index (κ2) is 8.30. The van der Waals surface area contributed by atoms with E-state index >= 15 is 0 Å². The zero-order valence-electron chi connectivity index (χ0n) is 14.0. The third kappa shape index (κ3) is 4.08. The molecule has 1 aromatic rings. The van der Waals surface area contributed by atoms with Gasteiger partial charge in [0.1, 0.15) is 0 Å². The van der Waals surface area contributed by atoms with E-state index in [0.29, 0.717) is 12.5 Å². The molecule has 0 saturated carbocycles. The van der Waals surface area contributed by atoms with Gasteiger partial charge in [-0.1, -0.05) is 51.1 Å². The Morgan fingerprint density at radius 3 is 2.41 bits per heavy atom. The van der Waals surface area contributed by atoms with Crippen LogP contribution in [-0.4, -0.2) is 43.5 Å². The predicted octanol–water partition coefficient (Wildman–Crippen LogP) is 2.04. The van der Waals surface area contributed by atoms with Gasteiger partial charge in [-0.25, -0.2) is 0 Å². The molecule has 1 amide bonds. The molecule has 0 aromatic heterocycles. The van der Waals surface area contributed by atoms with Crippen molar-refractivity contribution in [2.24, 2.45) is 11.8 Å². The zero-order chi connectivity index (χ0) is 15.9. The molecular formula is C18H29N3O. The number of carbonyl (C=O) groups excluding carboxylic acids is 1. The number of benzene rings is 1. The van der Waals surface area contributed by atoms with Crippen LogP contribution in [0.4, 0.5) is 0 Å². The molecule has 1 heterocycles. The quantitative estimate of drug-likeness (QED) is 0.772. The fourth-order valence-corrected chi connectivity index (χ4v) is 3.03. The highest BCUT2D eigenvalue weighted by atomic mass is 16.1. The van der Waals surface area contributed by atoms with Gasteiger partial charge in [-0.05, 0) is 37.7 Å². The lowest BCUT2D eigenvalue weighted by atomic mass is 9.88. The third-order valence-electron chi connectivity index (χ3n) is 4.84. The first-order valence-corrected chi connectivity index (χ1v) is 8.44. The Kier molecular flexibility index (Phi) is 6.40. The molecule has 0 spiro atoms. The first-order chi connectivity index (χ1) is 10.7. The molecule has 2 atom stereocenters. The Balaban J connectivity index is 1.98. The van der Waals surface area contributed by atoms with Gasteiger partial charge in [-0.3, -0.25) is 9.69 Å². The molecule has 22 heavy (non-hydrogen) atoms. The van der Waals surface area contributed by atoms with Crippen molar-refractivity contribution in [1.82, 2.24) is 15.5 Å². The van der Waals surface area contributed by atoms with Gasteiger partial charge in [0.25, 0.3) is 0 Å². The Hall–Kier alpha value is -1.39. The van der Waals surface area contributed by atoms with Crippen LogP contribution in [-0.2, 0) is 4.79 Å². The van der Waals surface area contributed by atoms with Crippen LogP contribution in [0.3, 0.4) is 0 Å². The lowest BCUT2D eigenvalue weighted by Crippen LogP contribution is -2.50. The zero-order valence-corrected chi connectivity index (χ0v) is 14.0. The van der Waals surface area contributed by atoms with E-state index in [-0.39, 0.29) is 17.9 Å². The summed E-state index contributed by atoms with van der Waals surface area (Å²) in [5, 5.41) is 6.41. The molecule has 0 aliphatic carbocycles. The number of nitrogens with zero attached hydrogens (tertiary/aromatic N) is 1. The predicted molar refractivity (Wildman–Crippen MR) is 90.6 cm³/mol. The highest BCUT2D eigenvalue weighted by Crippen LogP contribution is 2.20. The molecule has 122 valence electrons. The Morgan fingerprint density at radius 1 is 1.27 bits per heavy atom. The van der Waals surface area contributed by atoms with Crippen LogP contribution in [0.1, 0.15) is 32.4 Å². The van der Waals surface area contributed by atoms with Crippen molar-refractivity contribution >= 4 is 5.91 Å². The molecule has 1 aliphatic rings. The van der Waals surface area contributed by atoms with Crippen molar-refractivity contribution in [2.75, 3.05) is 32.7 Å². The van der Waals surface area contributed by atoms with Crippen molar-refractivity contribution in [3.8, 4) is 0 Å². The first-order valence-electron chi connectivity index (χ1n) is 8.44. The summed E-state index contributed by atoms with van der Waals surface area (Å²) in [6, 6.07) is 10.7. The average molecular weight is 303 g/mol. The van der Waals surface area contributed by atoms with Gasteiger partial charge in [0, 0.05) is 12.5 Å². The van der Waals surface area contributed by atoms with E-state index < -0.39 is 0 Å². The van der Waals surface area contributed by atoms with E-state index in [4.69, 9.17) is 0 Å². The van der Waals surface area contributed by atoms with Gasteiger partial charge in [0.05, 0.1) is 6.04 Å². The van der Waals surface area contributed by atoms with Gasteiger partial charge in [0.2, 0.25) is 5.91 Å². The van der Waals surface area contributed by atoms with Crippen molar-refractivity contribution in [3.63, 3.8) is 0 Å². The SMILES string of the molecule is CCN(CC)C(CNC(=O)C(C)C1CNC1)c1ccccc1. The van der Waals surface area contributed by atoms with Crippen molar-refractivity contribution in [3.05, 3.63) is 35.9 Å². The van der Waals surface area contributed by atoms with E-state index in [0.717, 1.165) is 26.2 Å². The van der Waals surface area contributed by atoms with Crippen molar-refractivity contribution in [2.45, 2.75) is 26.8 Å². The minimum Gasteiger partial charge on any atom is -0.354 e. The standard InChI is InChI=1S/C18H29N3O/c1-4-21(5-2)17(15-9-7-6-8-10-15)13-20-18(22)14(3)16-11-19-12-16/h6-10,14,16-17,19H,4-5,11-13H2,1-3H3,(H,20,22). The number of amides is 1. The minimum atomic E-state index is 0.0920. The van der Waals surface area contributed by atoms with Gasteiger partial charge < -0.3 is 10.6 Å². The van der Waals surface area contributed by atoms with Gasteiger partial charge >= 0.3 is 0 Å². The van der Waals surface area contributed by atoms with Gasteiger partial charge in [0.15, 0.2) is 0 Å². The maximum atomic E-state index is 12.4. The summed E-state index contributed by atoms with van der Waals surface area (Å²) in [4.78, 5) is 14.7. The molecule has 1 aliphatic heterocycles. The Bertz CT molecular complexity index is 455. The Morgan fingerprint density at radius 2 is 1.91 bits per heavy atom.